The second-order valence-electron chi connectivity index (χ2n) is 7.07. The lowest BCUT2D eigenvalue weighted by molar-refractivity contribution is -0.132. The smallest absolute Gasteiger partial charge is 0.267 e. The van der Waals surface area contributed by atoms with E-state index in [-0.39, 0.29) is 23.8 Å². The minimum atomic E-state index is -0.353. The van der Waals surface area contributed by atoms with Gasteiger partial charge in [-0.15, -0.1) is 0 Å². The topological polar surface area (TPSA) is 58.4 Å². The van der Waals surface area contributed by atoms with Gasteiger partial charge in [0.25, 0.3) is 5.56 Å². The zero-order valence-corrected chi connectivity index (χ0v) is 16.9. The molecular formula is C22H20ClFN4O2. The Morgan fingerprint density at radius 3 is 2.27 bits per heavy atom. The number of aromatic nitrogens is 2. The van der Waals surface area contributed by atoms with Gasteiger partial charge in [-0.3, -0.25) is 9.59 Å². The van der Waals surface area contributed by atoms with E-state index in [0.717, 1.165) is 10.4 Å². The molecule has 154 valence electrons. The first-order chi connectivity index (χ1) is 14.5. The number of halogens is 2. The van der Waals surface area contributed by atoms with Crippen molar-refractivity contribution in [1.29, 1.82) is 0 Å². The number of carbonyl (C=O) groups is 1. The summed E-state index contributed by atoms with van der Waals surface area (Å²) in [5.41, 5.74) is 1.90. The zero-order chi connectivity index (χ0) is 21.1. The molecule has 0 radical (unpaired) electrons. The highest BCUT2D eigenvalue weighted by atomic mass is 35.5. The van der Waals surface area contributed by atoms with Gasteiger partial charge in [-0.25, -0.2) is 9.07 Å². The van der Waals surface area contributed by atoms with Crippen molar-refractivity contribution in [3.63, 3.8) is 0 Å². The summed E-state index contributed by atoms with van der Waals surface area (Å²) in [4.78, 5) is 28.9. The number of anilines is 1. The molecule has 0 bridgehead atoms. The van der Waals surface area contributed by atoms with E-state index in [1.54, 1.807) is 23.1 Å². The van der Waals surface area contributed by atoms with Crippen LogP contribution in [0.1, 0.15) is 0 Å². The number of piperazine rings is 1. The van der Waals surface area contributed by atoms with Gasteiger partial charge >= 0.3 is 0 Å². The zero-order valence-electron chi connectivity index (χ0n) is 16.2. The summed E-state index contributed by atoms with van der Waals surface area (Å²) in [6, 6.07) is 16.4. The van der Waals surface area contributed by atoms with Crippen LogP contribution in [0.5, 0.6) is 0 Å². The van der Waals surface area contributed by atoms with Crippen LogP contribution in [-0.2, 0) is 11.3 Å². The third-order valence-electron chi connectivity index (χ3n) is 5.12. The molecule has 1 aromatic heterocycles. The van der Waals surface area contributed by atoms with Gasteiger partial charge in [-0.2, -0.15) is 5.10 Å². The van der Waals surface area contributed by atoms with E-state index in [1.807, 2.05) is 24.3 Å². The minimum Gasteiger partial charge on any atom is -0.368 e. The molecule has 1 aliphatic rings. The maximum absolute atomic E-state index is 13.1. The van der Waals surface area contributed by atoms with Gasteiger partial charge in [-0.1, -0.05) is 11.6 Å². The molecule has 0 unspecified atom stereocenters. The van der Waals surface area contributed by atoms with Gasteiger partial charge in [0.1, 0.15) is 12.4 Å². The Hall–Kier alpha value is -3.19. The lowest BCUT2D eigenvalue weighted by Crippen LogP contribution is -2.50. The summed E-state index contributed by atoms with van der Waals surface area (Å²) in [5.74, 6) is -0.503. The maximum Gasteiger partial charge on any atom is 0.267 e. The number of rotatable bonds is 4. The van der Waals surface area contributed by atoms with Crippen molar-refractivity contribution in [1.82, 2.24) is 14.7 Å². The summed E-state index contributed by atoms with van der Waals surface area (Å²) in [6.45, 7) is 2.40. The van der Waals surface area contributed by atoms with E-state index in [2.05, 4.69) is 10.00 Å². The molecule has 0 spiro atoms. The molecule has 0 atom stereocenters. The largest absolute Gasteiger partial charge is 0.368 e. The van der Waals surface area contributed by atoms with Crippen LogP contribution in [0.4, 0.5) is 10.1 Å². The molecule has 1 saturated heterocycles. The third kappa shape index (κ3) is 4.52. The lowest BCUT2D eigenvalue weighted by atomic mass is 10.1. The molecule has 4 rings (SSSR count). The fourth-order valence-electron chi connectivity index (χ4n) is 3.43. The fraction of sp³-hybridized carbons (Fsp3) is 0.227. The van der Waals surface area contributed by atoms with E-state index in [1.165, 1.54) is 18.2 Å². The molecule has 0 saturated carbocycles. The van der Waals surface area contributed by atoms with Crippen molar-refractivity contribution in [2.24, 2.45) is 0 Å². The Balaban J connectivity index is 1.42. The van der Waals surface area contributed by atoms with Crippen molar-refractivity contribution in [2.75, 3.05) is 31.1 Å². The highest BCUT2D eigenvalue weighted by Crippen LogP contribution is 2.20. The monoisotopic (exact) mass is 426 g/mol. The first kappa shape index (κ1) is 20.1. The van der Waals surface area contributed by atoms with E-state index in [4.69, 9.17) is 11.6 Å². The Kier molecular flexibility index (Phi) is 5.81. The third-order valence-corrected chi connectivity index (χ3v) is 5.37. The van der Waals surface area contributed by atoms with E-state index >= 15 is 0 Å². The number of hydrogen-bond donors (Lipinski definition) is 0. The summed E-state index contributed by atoms with van der Waals surface area (Å²) >= 11 is 5.94. The van der Waals surface area contributed by atoms with Crippen LogP contribution < -0.4 is 10.5 Å². The fourth-order valence-corrected chi connectivity index (χ4v) is 3.56. The number of nitrogens with zero attached hydrogens (tertiary/aromatic N) is 4. The van der Waals surface area contributed by atoms with Gasteiger partial charge < -0.3 is 9.80 Å². The normalized spacial score (nSPS) is 14.1. The Labute approximate surface area is 178 Å². The molecule has 8 heteroatoms. The molecule has 3 aromatic rings. The van der Waals surface area contributed by atoms with E-state index < -0.39 is 0 Å². The van der Waals surface area contributed by atoms with Gasteiger partial charge in [0, 0.05) is 48.5 Å². The summed E-state index contributed by atoms with van der Waals surface area (Å²) < 4.78 is 14.3. The predicted molar refractivity (Wildman–Crippen MR) is 114 cm³/mol. The molecule has 2 aromatic carbocycles. The first-order valence-electron chi connectivity index (χ1n) is 9.62. The van der Waals surface area contributed by atoms with Crippen LogP contribution >= 0.6 is 11.6 Å². The van der Waals surface area contributed by atoms with Crippen LogP contribution in [0.3, 0.4) is 0 Å². The highest BCUT2D eigenvalue weighted by molar-refractivity contribution is 6.30. The molecule has 0 N–H and O–H groups in total. The number of carbonyl (C=O) groups excluding carboxylic acids is 1. The minimum absolute atomic E-state index is 0.130. The molecule has 0 aliphatic carbocycles. The van der Waals surface area contributed by atoms with Gasteiger partial charge in [0.05, 0.1) is 5.69 Å². The second kappa shape index (κ2) is 8.67. The van der Waals surface area contributed by atoms with Crippen LogP contribution in [0.15, 0.2) is 65.5 Å². The molecular weight excluding hydrogens is 407 g/mol. The van der Waals surface area contributed by atoms with Crippen molar-refractivity contribution in [3.05, 3.63) is 81.9 Å². The molecule has 1 amide bonds. The average Bonchev–Trinajstić information content (AvgIpc) is 2.76. The predicted octanol–water partition coefficient (Wildman–Crippen LogP) is 3.05. The molecule has 1 aliphatic heterocycles. The van der Waals surface area contributed by atoms with Crippen molar-refractivity contribution >= 4 is 23.2 Å². The standard InChI is InChI=1S/C22H20ClFN4O2/c23-17-3-7-19(8-4-17)26-11-13-27(14-12-26)22(30)15-28-21(29)10-9-20(25-28)16-1-5-18(24)6-2-16/h1-10H,11-15H2. The number of amides is 1. The van der Waals surface area contributed by atoms with Gasteiger partial charge in [0.2, 0.25) is 5.91 Å². The second-order valence-corrected chi connectivity index (χ2v) is 7.50. The van der Waals surface area contributed by atoms with Crippen LogP contribution in [0.25, 0.3) is 11.3 Å². The Bertz CT molecular complexity index is 1090. The van der Waals surface area contributed by atoms with Crippen LogP contribution in [-0.4, -0.2) is 46.8 Å². The number of benzene rings is 2. The van der Waals surface area contributed by atoms with E-state index in [9.17, 15) is 14.0 Å². The van der Waals surface area contributed by atoms with Crippen LogP contribution in [0, 0.1) is 5.82 Å². The van der Waals surface area contributed by atoms with Crippen LogP contribution in [0.2, 0.25) is 5.02 Å². The first-order valence-corrected chi connectivity index (χ1v) is 10.00. The average molecular weight is 427 g/mol. The molecule has 6 nitrogen and oxygen atoms in total. The summed E-state index contributed by atoms with van der Waals surface area (Å²) in [6.07, 6.45) is 0. The van der Waals surface area contributed by atoms with Crippen molar-refractivity contribution < 1.29 is 9.18 Å². The Morgan fingerprint density at radius 1 is 0.933 bits per heavy atom. The van der Waals surface area contributed by atoms with E-state index in [0.29, 0.717) is 42.5 Å². The number of hydrogen-bond acceptors (Lipinski definition) is 4. The van der Waals surface area contributed by atoms with Crippen molar-refractivity contribution in [2.45, 2.75) is 6.54 Å². The lowest BCUT2D eigenvalue weighted by Gasteiger charge is -2.36. The molecule has 2 heterocycles. The van der Waals surface area contributed by atoms with Gasteiger partial charge in [-0.05, 0) is 54.6 Å². The van der Waals surface area contributed by atoms with Crippen molar-refractivity contribution in [3.8, 4) is 11.3 Å². The SMILES string of the molecule is O=C(Cn1nc(-c2ccc(F)cc2)ccc1=O)N1CCN(c2ccc(Cl)cc2)CC1. The maximum atomic E-state index is 13.1. The molecule has 1 fully saturated rings. The molecule has 30 heavy (non-hydrogen) atoms. The van der Waals surface area contributed by atoms with Gasteiger partial charge in [0.15, 0.2) is 0 Å². The highest BCUT2D eigenvalue weighted by Gasteiger charge is 2.22. The summed E-state index contributed by atoms with van der Waals surface area (Å²) in [5, 5.41) is 4.98. The quantitative estimate of drug-likeness (QED) is 0.643. The summed E-state index contributed by atoms with van der Waals surface area (Å²) in [7, 11) is 0. The Morgan fingerprint density at radius 2 is 1.60 bits per heavy atom.